The molecule has 124 valence electrons. The summed E-state index contributed by atoms with van der Waals surface area (Å²) < 4.78 is 26.9. The van der Waals surface area contributed by atoms with Gasteiger partial charge >= 0.3 is 0 Å². The van der Waals surface area contributed by atoms with E-state index in [1.54, 1.807) is 6.07 Å². The third-order valence-electron chi connectivity index (χ3n) is 3.48. The van der Waals surface area contributed by atoms with E-state index in [-0.39, 0.29) is 20.5 Å². The maximum Gasteiger partial charge on any atom is 0.246 e. The lowest BCUT2D eigenvalue weighted by atomic mass is 10.1. The molecule has 2 rings (SSSR count). The van der Waals surface area contributed by atoms with Gasteiger partial charge in [0.25, 0.3) is 0 Å². The van der Waals surface area contributed by atoms with E-state index in [9.17, 15) is 8.42 Å². The van der Waals surface area contributed by atoms with Crippen LogP contribution in [-0.2, 0) is 10.0 Å². The van der Waals surface area contributed by atoms with Crippen LogP contribution in [0.3, 0.4) is 0 Å². The minimum Gasteiger partial charge on any atom is -0.324 e. The molecule has 2 N–H and O–H groups in total. The first-order valence-corrected chi connectivity index (χ1v) is 9.26. The number of sulfonamides is 1. The summed E-state index contributed by atoms with van der Waals surface area (Å²) >= 11 is 12.1. The summed E-state index contributed by atoms with van der Waals surface area (Å²) in [6, 6.07) is 4.70. The largest absolute Gasteiger partial charge is 0.324 e. The van der Waals surface area contributed by atoms with Crippen molar-refractivity contribution in [2.45, 2.75) is 24.3 Å². The van der Waals surface area contributed by atoms with Crippen LogP contribution >= 0.6 is 23.2 Å². The van der Waals surface area contributed by atoms with Gasteiger partial charge in [0.2, 0.25) is 10.0 Å². The van der Waals surface area contributed by atoms with Gasteiger partial charge in [-0.15, -0.1) is 0 Å². The van der Waals surface area contributed by atoms with Crippen LogP contribution in [0.2, 0.25) is 10.0 Å². The van der Waals surface area contributed by atoms with E-state index in [2.05, 4.69) is 4.90 Å². The molecule has 5 nitrogen and oxygen atoms in total. The average molecular weight is 366 g/mol. The maximum absolute atomic E-state index is 12.7. The first-order chi connectivity index (χ1) is 10.1. The molecule has 1 aliphatic rings. The van der Waals surface area contributed by atoms with Crippen LogP contribution in [-0.4, -0.2) is 55.9 Å². The first-order valence-electron chi connectivity index (χ1n) is 7.07. The molecule has 0 bridgehead atoms. The quantitative estimate of drug-likeness (QED) is 0.886. The van der Waals surface area contributed by atoms with Gasteiger partial charge in [0.1, 0.15) is 4.90 Å². The number of benzene rings is 1. The van der Waals surface area contributed by atoms with Gasteiger partial charge in [0, 0.05) is 38.3 Å². The Morgan fingerprint density at radius 3 is 2.09 bits per heavy atom. The van der Waals surface area contributed by atoms with Crippen molar-refractivity contribution in [3.8, 4) is 0 Å². The van der Waals surface area contributed by atoms with E-state index >= 15 is 0 Å². The third-order valence-corrected chi connectivity index (χ3v) is 6.33. The molecule has 1 fully saturated rings. The fraction of sp³-hybridized carbons (Fsp3) is 0.571. The van der Waals surface area contributed by atoms with Gasteiger partial charge in [-0.05, 0) is 26.0 Å². The molecular weight excluding hydrogens is 345 g/mol. The van der Waals surface area contributed by atoms with Crippen molar-refractivity contribution >= 4 is 33.2 Å². The molecule has 8 heteroatoms. The molecule has 0 aliphatic carbocycles. The van der Waals surface area contributed by atoms with Crippen molar-refractivity contribution in [2.24, 2.45) is 5.73 Å². The summed E-state index contributed by atoms with van der Waals surface area (Å²) in [5, 5.41) is 0.302. The van der Waals surface area contributed by atoms with Gasteiger partial charge < -0.3 is 5.73 Å². The van der Waals surface area contributed by atoms with Crippen LogP contribution < -0.4 is 5.73 Å². The average Bonchev–Trinajstić information content (AvgIpc) is 2.36. The molecule has 0 unspecified atom stereocenters. The van der Waals surface area contributed by atoms with E-state index in [4.69, 9.17) is 28.9 Å². The normalized spacial score (nSPS) is 18.6. The second-order valence-corrected chi connectivity index (χ2v) is 8.91. The van der Waals surface area contributed by atoms with Crippen LogP contribution in [0, 0.1) is 0 Å². The predicted molar refractivity (Wildman–Crippen MR) is 89.9 cm³/mol. The zero-order chi connectivity index (χ0) is 16.5. The fourth-order valence-corrected chi connectivity index (χ4v) is 5.08. The molecule has 0 amide bonds. The number of rotatable bonds is 4. The Morgan fingerprint density at radius 2 is 1.64 bits per heavy atom. The molecule has 1 aromatic rings. The minimum absolute atomic E-state index is 0.00839. The second-order valence-electron chi connectivity index (χ2n) is 6.22. The van der Waals surface area contributed by atoms with Crippen molar-refractivity contribution in [3.63, 3.8) is 0 Å². The van der Waals surface area contributed by atoms with Crippen LogP contribution in [0.4, 0.5) is 0 Å². The Hall–Kier alpha value is -0.370. The van der Waals surface area contributed by atoms with Crippen molar-refractivity contribution in [1.82, 2.24) is 9.21 Å². The summed E-state index contributed by atoms with van der Waals surface area (Å²) in [7, 11) is -3.68. The number of hydrogen-bond acceptors (Lipinski definition) is 4. The van der Waals surface area contributed by atoms with Crippen molar-refractivity contribution < 1.29 is 8.42 Å². The molecule has 0 saturated carbocycles. The Kier molecular flexibility index (Phi) is 5.42. The number of halogens is 2. The zero-order valence-corrected chi connectivity index (χ0v) is 15.0. The predicted octanol–water partition coefficient (Wildman–Crippen LogP) is 2.04. The van der Waals surface area contributed by atoms with Gasteiger partial charge in [-0.3, -0.25) is 4.90 Å². The Balaban J connectivity index is 2.14. The highest BCUT2D eigenvalue weighted by molar-refractivity contribution is 7.89. The number of nitrogens with two attached hydrogens (primary N) is 1. The standard InChI is InChI=1S/C14H21Cl2N3O2S/c1-14(2,17)10-18-6-8-19(9-7-18)22(20,21)13-11(15)4-3-5-12(13)16/h3-5H,6-10,17H2,1-2H3. The molecule has 0 spiro atoms. The van der Waals surface area contributed by atoms with E-state index in [0.717, 1.165) is 6.54 Å². The lowest BCUT2D eigenvalue weighted by Gasteiger charge is -2.37. The number of piperazine rings is 1. The van der Waals surface area contributed by atoms with Crippen LogP contribution in [0.1, 0.15) is 13.8 Å². The van der Waals surface area contributed by atoms with Crippen LogP contribution in [0.25, 0.3) is 0 Å². The van der Waals surface area contributed by atoms with Crippen molar-refractivity contribution in [3.05, 3.63) is 28.2 Å². The van der Waals surface area contributed by atoms with Crippen molar-refractivity contribution in [2.75, 3.05) is 32.7 Å². The van der Waals surface area contributed by atoms with Gasteiger partial charge in [-0.1, -0.05) is 29.3 Å². The van der Waals surface area contributed by atoms with Crippen molar-refractivity contribution in [1.29, 1.82) is 0 Å². The highest BCUT2D eigenvalue weighted by Gasteiger charge is 2.32. The van der Waals surface area contributed by atoms with Gasteiger partial charge in [-0.25, -0.2) is 8.42 Å². The molecule has 0 aromatic heterocycles. The fourth-order valence-electron chi connectivity index (χ4n) is 2.56. The Morgan fingerprint density at radius 1 is 1.14 bits per heavy atom. The third kappa shape index (κ3) is 4.13. The topological polar surface area (TPSA) is 66.6 Å². The lowest BCUT2D eigenvalue weighted by Crippen LogP contribution is -2.54. The maximum atomic E-state index is 12.7. The lowest BCUT2D eigenvalue weighted by molar-refractivity contribution is 0.162. The minimum atomic E-state index is -3.68. The highest BCUT2D eigenvalue weighted by atomic mass is 35.5. The first kappa shape index (κ1) is 18.0. The van der Waals surface area contributed by atoms with E-state index < -0.39 is 10.0 Å². The zero-order valence-electron chi connectivity index (χ0n) is 12.7. The summed E-state index contributed by atoms with van der Waals surface area (Å²) in [5.74, 6) is 0. The van der Waals surface area contributed by atoms with E-state index in [0.29, 0.717) is 26.2 Å². The highest BCUT2D eigenvalue weighted by Crippen LogP contribution is 2.31. The van der Waals surface area contributed by atoms with E-state index in [1.807, 2.05) is 13.8 Å². The molecule has 0 radical (unpaired) electrons. The molecule has 1 heterocycles. The summed E-state index contributed by atoms with van der Waals surface area (Å²) in [6.45, 7) is 6.73. The Labute approximate surface area is 142 Å². The molecule has 1 saturated heterocycles. The summed E-state index contributed by atoms with van der Waals surface area (Å²) in [5.41, 5.74) is 5.71. The molecule has 0 atom stereocenters. The summed E-state index contributed by atoms with van der Waals surface area (Å²) in [6.07, 6.45) is 0. The molecular formula is C14H21Cl2N3O2S. The summed E-state index contributed by atoms with van der Waals surface area (Å²) in [4.78, 5) is 2.16. The van der Waals surface area contributed by atoms with Crippen LogP contribution in [0.15, 0.2) is 23.1 Å². The molecule has 1 aromatic carbocycles. The number of hydrogen-bond donors (Lipinski definition) is 1. The van der Waals surface area contributed by atoms with Crippen LogP contribution in [0.5, 0.6) is 0 Å². The smallest absolute Gasteiger partial charge is 0.246 e. The Bertz CT molecular complexity index is 616. The van der Waals surface area contributed by atoms with Gasteiger partial charge in [-0.2, -0.15) is 4.31 Å². The second kappa shape index (κ2) is 6.63. The van der Waals surface area contributed by atoms with Gasteiger partial charge in [0.05, 0.1) is 10.0 Å². The molecule has 1 aliphatic heterocycles. The SMILES string of the molecule is CC(C)(N)CN1CCN(S(=O)(=O)c2c(Cl)cccc2Cl)CC1. The van der Waals surface area contributed by atoms with E-state index in [1.165, 1.54) is 16.4 Å². The monoisotopic (exact) mass is 365 g/mol. The molecule has 22 heavy (non-hydrogen) atoms. The van der Waals surface area contributed by atoms with Gasteiger partial charge in [0.15, 0.2) is 0 Å². The number of nitrogens with zero attached hydrogens (tertiary/aromatic N) is 2.